The summed E-state index contributed by atoms with van der Waals surface area (Å²) in [5.74, 6) is -0.666. The van der Waals surface area contributed by atoms with Crippen LogP contribution in [0.3, 0.4) is 0 Å². The zero-order valence-corrected chi connectivity index (χ0v) is 9.23. The van der Waals surface area contributed by atoms with Gasteiger partial charge in [-0.15, -0.1) is 0 Å². The van der Waals surface area contributed by atoms with E-state index in [2.05, 4.69) is 6.08 Å². The third kappa shape index (κ3) is 2.16. The van der Waals surface area contributed by atoms with Gasteiger partial charge in [0.25, 0.3) is 0 Å². The zero-order valence-electron chi connectivity index (χ0n) is 9.23. The van der Waals surface area contributed by atoms with E-state index in [0.29, 0.717) is 12.8 Å². The minimum atomic E-state index is -0.666. The first-order chi connectivity index (χ1) is 7.73. The Kier molecular flexibility index (Phi) is 3.09. The molecule has 0 aliphatic heterocycles. The summed E-state index contributed by atoms with van der Waals surface area (Å²) in [6.07, 6.45) is 6.98. The molecule has 1 N–H and O–H groups in total. The van der Waals surface area contributed by atoms with Crippen molar-refractivity contribution >= 4 is 5.97 Å². The Morgan fingerprint density at radius 1 is 1.25 bits per heavy atom. The molecule has 0 heterocycles. The molecule has 0 unspecified atom stereocenters. The minimum Gasteiger partial charge on any atom is -0.481 e. The molecule has 1 aromatic carbocycles. The van der Waals surface area contributed by atoms with Crippen LogP contribution in [0.25, 0.3) is 0 Å². The molecular formula is C14H16O2. The predicted molar refractivity (Wildman–Crippen MR) is 63.2 cm³/mol. The number of carboxylic acid groups (broad SMARTS) is 1. The SMILES string of the molecule is O=C(O)[C@@]1(Cc2ccccc2)CC=CCC1. The molecule has 1 aliphatic rings. The summed E-state index contributed by atoms with van der Waals surface area (Å²) in [4.78, 5) is 11.4. The van der Waals surface area contributed by atoms with Crippen LogP contribution in [0.2, 0.25) is 0 Å². The van der Waals surface area contributed by atoms with Crippen molar-refractivity contribution in [2.75, 3.05) is 0 Å². The van der Waals surface area contributed by atoms with E-state index in [1.807, 2.05) is 36.4 Å². The van der Waals surface area contributed by atoms with Gasteiger partial charge in [-0.3, -0.25) is 4.79 Å². The van der Waals surface area contributed by atoms with E-state index in [0.717, 1.165) is 18.4 Å². The van der Waals surface area contributed by atoms with Gasteiger partial charge in [-0.05, 0) is 31.2 Å². The number of carboxylic acids is 1. The summed E-state index contributed by atoms with van der Waals surface area (Å²) >= 11 is 0. The van der Waals surface area contributed by atoms with Gasteiger partial charge in [-0.25, -0.2) is 0 Å². The number of aliphatic carboxylic acids is 1. The van der Waals surface area contributed by atoms with Crippen LogP contribution in [0.15, 0.2) is 42.5 Å². The summed E-state index contributed by atoms with van der Waals surface area (Å²) in [5, 5.41) is 9.42. The van der Waals surface area contributed by atoms with E-state index in [4.69, 9.17) is 0 Å². The highest BCUT2D eigenvalue weighted by Crippen LogP contribution is 2.36. The molecule has 84 valence electrons. The van der Waals surface area contributed by atoms with Crippen LogP contribution < -0.4 is 0 Å². The molecule has 0 aromatic heterocycles. The fraction of sp³-hybridized carbons (Fsp3) is 0.357. The highest BCUT2D eigenvalue weighted by molar-refractivity contribution is 5.75. The number of hydrogen-bond acceptors (Lipinski definition) is 1. The molecule has 0 spiro atoms. The van der Waals surface area contributed by atoms with E-state index in [9.17, 15) is 9.90 Å². The smallest absolute Gasteiger partial charge is 0.310 e. The third-order valence-electron chi connectivity index (χ3n) is 3.30. The van der Waals surface area contributed by atoms with E-state index >= 15 is 0 Å². The molecule has 0 fully saturated rings. The van der Waals surface area contributed by atoms with E-state index in [-0.39, 0.29) is 0 Å². The third-order valence-corrected chi connectivity index (χ3v) is 3.30. The van der Waals surface area contributed by atoms with Crippen LogP contribution in [0.1, 0.15) is 24.8 Å². The molecule has 0 bridgehead atoms. The lowest BCUT2D eigenvalue weighted by Gasteiger charge is -2.30. The van der Waals surface area contributed by atoms with Gasteiger partial charge in [-0.2, -0.15) is 0 Å². The first kappa shape index (κ1) is 10.9. The van der Waals surface area contributed by atoms with Crippen molar-refractivity contribution in [2.24, 2.45) is 5.41 Å². The monoisotopic (exact) mass is 216 g/mol. The van der Waals surface area contributed by atoms with Crippen molar-refractivity contribution in [2.45, 2.75) is 25.7 Å². The quantitative estimate of drug-likeness (QED) is 0.788. The van der Waals surface area contributed by atoms with Gasteiger partial charge in [0.15, 0.2) is 0 Å². The molecule has 0 saturated heterocycles. The van der Waals surface area contributed by atoms with Crippen LogP contribution in [0, 0.1) is 5.41 Å². The van der Waals surface area contributed by atoms with Crippen molar-refractivity contribution in [1.29, 1.82) is 0 Å². The predicted octanol–water partition coefficient (Wildman–Crippen LogP) is 3.04. The van der Waals surface area contributed by atoms with E-state index in [1.54, 1.807) is 0 Å². The van der Waals surface area contributed by atoms with E-state index in [1.165, 1.54) is 0 Å². The second-order valence-electron chi connectivity index (χ2n) is 4.46. The molecule has 2 heteroatoms. The number of carbonyl (C=O) groups is 1. The van der Waals surface area contributed by atoms with Crippen LogP contribution in [-0.2, 0) is 11.2 Å². The molecule has 1 atom stereocenters. The van der Waals surface area contributed by atoms with Crippen molar-refractivity contribution < 1.29 is 9.90 Å². The maximum atomic E-state index is 11.4. The fourth-order valence-electron chi connectivity index (χ4n) is 2.31. The average molecular weight is 216 g/mol. The fourth-order valence-corrected chi connectivity index (χ4v) is 2.31. The largest absolute Gasteiger partial charge is 0.481 e. The van der Waals surface area contributed by atoms with Gasteiger partial charge in [-0.1, -0.05) is 42.5 Å². The number of rotatable bonds is 3. The van der Waals surface area contributed by atoms with Gasteiger partial charge in [0.05, 0.1) is 5.41 Å². The summed E-state index contributed by atoms with van der Waals surface area (Å²) in [6, 6.07) is 9.89. The Hall–Kier alpha value is -1.57. The number of allylic oxidation sites excluding steroid dienone is 2. The van der Waals surface area contributed by atoms with Gasteiger partial charge < -0.3 is 5.11 Å². The van der Waals surface area contributed by atoms with Crippen molar-refractivity contribution in [3.63, 3.8) is 0 Å². The number of benzene rings is 1. The van der Waals surface area contributed by atoms with Gasteiger partial charge in [0.2, 0.25) is 0 Å². The van der Waals surface area contributed by atoms with Crippen molar-refractivity contribution in [3.05, 3.63) is 48.0 Å². The van der Waals surface area contributed by atoms with Crippen molar-refractivity contribution in [3.8, 4) is 0 Å². The normalized spacial score (nSPS) is 24.2. The molecular weight excluding hydrogens is 200 g/mol. The Labute approximate surface area is 95.6 Å². The Bertz CT molecular complexity index is 394. The summed E-state index contributed by atoms with van der Waals surface area (Å²) in [6.45, 7) is 0. The maximum Gasteiger partial charge on any atom is 0.310 e. The Balaban J connectivity index is 2.21. The van der Waals surface area contributed by atoms with Crippen LogP contribution in [0.5, 0.6) is 0 Å². The zero-order chi connectivity index (χ0) is 11.4. The summed E-state index contributed by atoms with van der Waals surface area (Å²) < 4.78 is 0. The van der Waals surface area contributed by atoms with Gasteiger partial charge >= 0.3 is 5.97 Å². The Morgan fingerprint density at radius 2 is 2.00 bits per heavy atom. The standard InChI is InChI=1S/C14H16O2/c15-13(16)14(9-5-2-6-10-14)11-12-7-3-1-4-8-12/h1-5,7-8H,6,9-11H2,(H,15,16)/t14-/m0/s1. The van der Waals surface area contributed by atoms with Crippen LogP contribution in [0.4, 0.5) is 0 Å². The topological polar surface area (TPSA) is 37.3 Å². The van der Waals surface area contributed by atoms with Gasteiger partial charge in [0, 0.05) is 0 Å². The molecule has 2 rings (SSSR count). The summed E-state index contributed by atoms with van der Waals surface area (Å²) in [5.41, 5.74) is 0.524. The van der Waals surface area contributed by atoms with Crippen LogP contribution in [-0.4, -0.2) is 11.1 Å². The lowest BCUT2D eigenvalue weighted by Crippen LogP contribution is -2.34. The lowest BCUT2D eigenvalue weighted by atomic mass is 9.73. The first-order valence-corrected chi connectivity index (χ1v) is 5.65. The highest BCUT2D eigenvalue weighted by Gasteiger charge is 2.37. The van der Waals surface area contributed by atoms with Crippen LogP contribution >= 0.6 is 0 Å². The number of hydrogen-bond donors (Lipinski definition) is 1. The second-order valence-corrected chi connectivity index (χ2v) is 4.46. The molecule has 1 aromatic rings. The average Bonchev–Trinajstić information content (AvgIpc) is 2.31. The molecule has 16 heavy (non-hydrogen) atoms. The highest BCUT2D eigenvalue weighted by atomic mass is 16.4. The minimum absolute atomic E-state index is 0.587. The van der Waals surface area contributed by atoms with Gasteiger partial charge in [0.1, 0.15) is 0 Å². The molecule has 0 amide bonds. The molecule has 0 saturated carbocycles. The summed E-state index contributed by atoms with van der Waals surface area (Å²) in [7, 11) is 0. The van der Waals surface area contributed by atoms with E-state index < -0.39 is 11.4 Å². The molecule has 0 radical (unpaired) electrons. The maximum absolute atomic E-state index is 11.4. The molecule has 1 aliphatic carbocycles. The molecule has 2 nitrogen and oxygen atoms in total. The Morgan fingerprint density at radius 3 is 2.56 bits per heavy atom. The first-order valence-electron chi connectivity index (χ1n) is 5.65. The van der Waals surface area contributed by atoms with Crippen molar-refractivity contribution in [1.82, 2.24) is 0 Å². The second kappa shape index (κ2) is 4.52. The lowest BCUT2D eigenvalue weighted by molar-refractivity contribution is -0.149.